The van der Waals surface area contributed by atoms with Crippen molar-refractivity contribution in [3.63, 3.8) is 0 Å². The molecule has 0 radical (unpaired) electrons. The van der Waals surface area contributed by atoms with Gasteiger partial charge in [0.15, 0.2) is 0 Å². The number of aromatic nitrogens is 1. The van der Waals surface area contributed by atoms with E-state index in [9.17, 15) is 13.6 Å². The Balaban J connectivity index is 3.45. The first-order valence-electron chi connectivity index (χ1n) is 3.60. The third-order valence-electron chi connectivity index (χ3n) is 1.61. The molecule has 0 saturated carbocycles. The van der Waals surface area contributed by atoms with Crippen LogP contribution < -0.4 is 5.56 Å². The second-order valence-corrected chi connectivity index (χ2v) is 3.06. The first-order valence-corrected chi connectivity index (χ1v) is 4.72. The molecule has 1 rings (SSSR count). The molecule has 1 aromatic rings. The zero-order chi connectivity index (χ0) is 10.7. The van der Waals surface area contributed by atoms with Crippen molar-refractivity contribution in [2.45, 2.75) is 11.8 Å². The van der Waals surface area contributed by atoms with Crippen LogP contribution in [0.5, 0.6) is 0 Å². The number of nitriles is 1. The van der Waals surface area contributed by atoms with E-state index in [0.29, 0.717) is 11.0 Å². The van der Waals surface area contributed by atoms with Crippen LogP contribution in [0.3, 0.4) is 0 Å². The summed E-state index contributed by atoms with van der Waals surface area (Å²) >= 11 is 3.05. The highest BCUT2D eigenvalue weighted by atomic mass is 79.9. The van der Waals surface area contributed by atoms with Gasteiger partial charge in [0.25, 0.3) is 12.0 Å². The minimum atomic E-state index is -2.93. The monoisotopic (exact) mass is 262 g/mol. The number of nitrogens with one attached hydrogen (secondary N) is 1. The number of alkyl halides is 3. The number of aromatic amines is 1. The fourth-order valence-electron chi connectivity index (χ4n) is 1.00. The van der Waals surface area contributed by atoms with Gasteiger partial charge in [-0.3, -0.25) is 4.79 Å². The van der Waals surface area contributed by atoms with E-state index >= 15 is 0 Å². The highest BCUT2D eigenvalue weighted by molar-refractivity contribution is 9.08. The van der Waals surface area contributed by atoms with Gasteiger partial charge >= 0.3 is 0 Å². The van der Waals surface area contributed by atoms with E-state index in [4.69, 9.17) is 5.26 Å². The lowest BCUT2D eigenvalue weighted by Crippen LogP contribution is -2.16. The predicted octanol–water partition coefficient (Wildman–Crippen LogP) is 2.08. The highest BCUT2D eigenvalue weighted by Crippen LogP contribution is 2.19. The van der Waals surface area contributed by atoms with E-state index in [1.54, 1.807) is 6.07 Å². The van der Waals surface area contributed by atoms with E-state index in [2.05, 4.69) is 20.9 Å². The third kappa shape index (κ3) is 1.99. The normalized spacial score (nSPS) is 10.2. The van der Waals surface area contributed by atoms with Crippen molar-refractivity contribution >= 4 is 15.9 Å². The van der Waals surface area contributed by atoms with Crippen LogP contribution in [0.4, 0.5) is 8.78 Å². The molecule has 0 bridgehead atoms. The van der Waals surface area contributed by atoms with Gasteiger partial charge in [-0.1, -0.05) is 15.9 Å². The smallest absolute Gasteiger partial charge is 0.270 e. The van der Waals surface area contributed by atoms with Crippen molar-refractivity contribution in [3.8, 4) is 6.07 Å². The van der Waals surface area contributed by atoms with Crippen molar-refractivity contribution in [2.75, 3.05) is 0 Å². The number of hydrogen-bond donors (Lipinski definition) is 1. The molecular formula is C8H5BrF2N2O. The molecule has 0 saturated heterocycles. The largest absolute Gasteiger partial charge is 0.325 e. The molecule has 6 heteroatoms. The number of hydrogen-bond acceptors (Lipinski definition) is 2. The maximum Gasteiger partial charge on any atom is 0.270 e. The van der Waals surface area contributed by atoms with Crippen LogP contribution >= 0.6 is 15.9 Å². The zero-order valence-electron chi connectivity index (χ0n) is 6.85. The Morgan fingerprint density at radius 2 is 2.29 bits per heavy atom. The standard InChI is InChI=1S/C8H5BrF2N2O/c9-2-5-1-4(3-12)6(7(10)11)8(14)13-5/h1,7H,2H2,(H,13,14). The summed E-state index contributed by atoms with van der Waals surface area (Å²) in [7, 11) is 0. The van der Waals surface area contributed by atoms with Gasteiger partial charge in [-0.15, -0.1) is 0 Å². The Bertz CT molecular complexity index is 436. The van der Waals surface area contributed by atoms with Crippen molar-refractivity contribution in [2.24, 2.45) is 0 Å². The van der Waals surface area contributed by atoms with Crippen LogP contribution in [0.1, 0.15) is 23.2 Å². The summed E-state index contributed by atoms with van der Waals surface area (Å²) in [6.45, 7) is 0. The Hall–Kier alpha value is -1.22. The van der Waals surface area contributed by atoms with E-state index in [1.807, 2.05) is 0 Å². The molecule has 1 heterocycles. The molecule has 1 N–H and O–H groups in total. The number of rotatable bonds is 2. The summed E-state index contributed by atoms with van der Waals surface area (Å²) in [5.74, 6) is 0. The zero-order valence-corrected chi connectivity index (χ0v) is 8.44. The molecule has 0 unspecified atom stereocenters. The van der Waals surface area contributed by atoms with Gasteiger partial charge in [-0.2, -0.15) is 5.26 Å². The molecule has 0 aliphatic carbocycles. The fraction of sp³-hybridized carbons (Fsp3) is 0.250. The molecule has 0 amide bonds. The quantitative estimate of drug-likeness (QED) is 0.830. The van der Waals surface area contributed by atoms with Crippen LogP contribution in [0.15, 0.2) is 10.9 Å². The number of pyridine rings is 1. The summed E-state index contributed by atoms with van der Waals surface area (Å²) in [5.41, 5.74) is -1.56. The van der Waals surface area contributed by atoms with Gasteiger partial charge < -0.3 is 4.98 Å². The third-order valence-corrected chi connectivity index (χ3v) is 2.21. The van der Waals surface area contributed by atoms with Crippen LogP contribution in [0.25, 0.3) is 0 Å². The summed E-state index contributed by atoms with van der Waals surface area (Å²) in [6, 6.07) is 2.81. The fourth-order valence-corrected chi connectivity index (χ4v) is 1.31. The van der Waals surface area contributed by atoms with Gasteiger partial charge in [-0.05, 0) is 6.07 Å². The SMILES string of the molecule is N#Cc1cc(CBr)[nH]c(=O)c1C(F)F. The van der Waals surface area contributed by atoms with Gasteiger partial charge in [-0.25, -0.2) is 8.78 Å². The second-order valence-electron chi connectivity index (χ2n) is 2.50. The average Bonchev–Trinajstić information content (AvgIpc) is 2.15. The van der Waals surface area contributed by atoms with Crippen molar-refractivity contribution in [1.29, 1.82) is 5.26 Å². The summed E-state index contributed by atoms with van der Waals surface area (Å²) < 4.78 is 24.7. The van der Waals surface area contributed by atoms with Gasteiger partial charge in [0.1, 0.15) is 5.56 Å². The summed E-state index contributed by atoms with van der Waals surface area (Å²) in [4.78, 5) is 13.4. The average molecular weight is 263 g/mol. The van der Waals surface area contributed by atoms with E-state index in [0.717, 1.165) is 0 Å². The summed E-state index contributed by atoms with van der Waals surface area (Å²) in [6.07, 6.45) is -2.93. The molecule has 1 aromatic heterocycles. The number of nitrogens with zero attached hydrogens (tertiary/aromatic N) is 1. The Morgan fingerprint density at radius 3 is 2.71 bits per heavy atom. The molecule has 14 heavy (non-hydrogen) atoms. The van der Waals surface area contributed by atoms with Crippen LogP contribution in [0, 0.1) is 11.3 Å². The highest BCUT2D eigenvalue weighted by Gasteiger charge is 2.18. The van der Waals surface area contributed by atoms with E-state index < -0.39 is 17.5 Å². The van der Waals surface area contributed by atoms with E-state index in [1.165, 1.54) is 6.07 Å². The molecule has 0 fully saturated rings. The maximum absolute atomic E-state index is 12.3. The Morgan fingerprint density at radius 1 is 1.64 bits per heavy atom. The van der Waals surface area contributed by atoms with Crippen molar-refractivity contribution < 1.29 is 8.78 Å². The second kappa shape index (κ2) is 4.33. The minimum absolute atomic E-state index is 0.279. The van der Waals surface area contributed by atoms with Crippen LogP contribution in [-0.2, 0) is 5.33 Å². The topological polar surface area (TPSA) is 56.6 Å². The lowest BCUT2D eigenvalue weighted by Gasteiger charge is -2.03. The Labute approximate surface area is 86.5 Å². The molecule has 0 aliphatic heterocycles. The minimum Gasteiger partial charge on any atom is -0.325 e. The number of halogens is 3. The molecule has 0 atom stereocenters. The van der Waals surface area contributed by atoms with Crippen LogP contribution in [-0.4, -0.2) is 4.98 Å². The summed E-state index contributed by atoms with van der Waals surface area (Å²) in [5, 5.41) is 8.87. The van der Waals surface area contributed by atoms with Crippen molar-refractivity contribution in [3.05, 3.63) is 33.2 Å². The van der Waals surface area contributed by atoms with Gasteiger partial charge in [0, 0.05) is 11.0 Å². The van der Waals surface area contributed by atoms with E-state index in [-0.39, 0.29) is 5.56 Å². The molecular weight excluding hydrogens is 258 g/mol. The predicted molar refractivity (Wildman–Crippen MR) is 49.4 cm³/mol. The van der Waals surface area contributed by atoms with Gasteiger partial charge in [0.05, 0.1) is 11.6 Å². The first-order chi connectivity index (χ1) is 6.60. The Kier molecular flexibility index (Phi) is 3.36. The molecule has 0 aromatic carbocycles. The molecule has 74 valence electrons. The lowest BCUT2D eigenvalue weighted by molar-refractivity contribution is 0.149. The van der Waals surface area contributed by atoms with Gasteiger partial charge in [0.2, 0.25) is 0 Å². The van der Waals surface area contributed by atoms with Crippen molar-refractivity contribution in [1.82, 2.24) is 4.98 Å². The first kappa shape index (κ1) is 10.9. The number of H-pyrrole nitrogens is 1. The van der Waals surface area contributed by atoms with Crippen LogP contribution in [0.2, 0.25) is 0 Å². The lowest BCUT2D eigenvalue weighted by atomic mass is 10.1. The molecule has 3 nitrogen and oxygen atoms in total. The molecule has 0 aliphatic rings. The maximum atomic E-state index is 12.3. The molecule has 0 spiro atoms.